The molecule has 2 amide bonds. The molecule has 1 fully saturated rings. The maximum atomic E-state index is 12.9. The van der Waals surface area contributed by atoms with Crippen molar-refractivity contribution in [2.45, 2.75) is 18.9 Å². The zero-order valence-electron chi connectivity index (χ0n) is 21.0. The number of nitrogens with zero attached hydrogens (tertiary/aromatic N) is 5. The molecule has 1 atom stereocenters. The summed E-state index contributed by atoms with van der Waals surface area (Å²) < 4.78 is 1.61. The Balaban J connectivity index is 1.29. The van der Waals surface area contributed by atoms with Crippen molar-refractivity contribution in [3.63, 3.8) is 0 Å². The molecule has 4 aromatic rings. The van der Waals surface area contributed by atoms with Gasteiger partial charge in [0.05, 0.1) is 28.7 Å². The third-order valence-electron chi connectivity index (χ3n) is 6.76. The lowest BCUT2D eigenvalue weighted by Crippen LogP contribution is -2.63. The van der Waals surface area contributed by atoms with Crippen LogP contribution in [0, 0.1) is 0 Å². The number of carbonyl (C=O) groups excluding carboxylic acids is 1. The summed E-state index contributed by atoms with van der Waals surface area (Å²) in [4.78, 5) is 33.0. The highest BCUT2D eigenvalue weighted by Crippen LogP contribution is 2.29. The smallest absolute Gasteiger partial charge is 0.407 e. The average molecular weight is 512 g/mol. The summed E-state index contributed by atoms with van der Waals surface area (Å²) in [5.74, 6) is 0.571. The molecule has 1 aliphatic heterocycles. The molecule has 1 saturated heterocycles. The van der Waals surface area contributed by atoms with Crippen molar-refractivity contribution in [1.82, 2.24) is 19.7 Å². The molecule has 1 aliphatic rings. The van der Waals surface area contributed by atoms with Gasteiger partial charge in [0.25, 0.3) is 5.91 Å². The highest BCUT2D eigenvalue weighted by atomic mass is 16.4. The SMILES string of the molecule is C[C@]1(Cc2ccccc2)CN(c2ccc(C(=O)Nc3nn(-c4ccccc4)cc3N)cn2)CCN1C(=O)O. The van der Waals surface area contributed by atoms with Gasteiger partial charge in [0.15, 0.2) is 5.82 Å². The molecule has 2 aromatic carbocycles. The van der Waals surface area contributed by atoms with E-state index < -0.39 is 11.6 Å². The maximum absolute atomic E-state index is 12.9. The number of benzene rings is 2. The van der Waals surface area contributed by atoms with Gasteiger partial charge < -0.3 is 21.1 Å². The van der Waals surface area contributed by atoms with Crippen LogP contribution in [0.1, 0.15) is 22.8 Å². The third kappa shape index (κ3) is 5.15. The van der Waals surface area contributed by atoms with Crippen LogP contribution in [0.4, 0.5) is 22.1 Å². The summed E-state index contributed by atoms with van der Waals surface area (Å²) in [5, 5.41) is 17.0. The molecular formula is C28H29N7O3. The van der Waals surface area contributed by atoms with Gasteiger partial charge in [-0.3, -0.25) is 9.69 Å². The van der Waals surface area contributed by atoms with Crippen molar-refractivity contribution in [2.24, 2.45) is 0 Å². The van der Waals surface area contributed by atoms with Gasteiger partial charge in [-0.1, -0.05) is 48.5 Å². The number of aromatic nitrogens is 3. The molecule has 4 N–H and O–H groups in total. The predicted molar refractivity (Wildman–Crippen MR) is 146 cm³/mol. The Morgan fingerprint density at radius 2 is 1.74 bits per heavy atom. The molecule has 0 spiro atoms. The molecule has 0 aliphatic carbocycles. The molecule has 2 aromatic heterocycles. The van der Waals surface area contributed by atoms with Crippen LogP contribution in [-0.4, -0.2) is 61.9 Å². The number of carboxylic acid groups (broad SMARTS) is 1. The number of hydrogen-bond acceptors (Lipinski definition) is 6. The number of anilines is 3. The van der Waals surface area contributed by atoms with Gasteiger partial charge in [-0.05, 0) is 43.2 Å². The summed E-state index contributed by atoms with van der Waals surface area (Å²) in [5.41, 5.74) is 8.03. The van der Waals surface area contributed by atoms with Gasteiger partial charge in [0.2, 0.25) is 0 Å². The fourth-order valence-corrected chi connectivity index (χ4v) is 4.86. The minimum Gasteiger partial charge on any atom is -0.465 e. The quantitative estimate of drug-likeness (QED) is 0.358. The number of nitrogens with one attached hydrogen (secondary N) is 1. The van der Waals surface area contributed by atoms with E-state index in [-0.39, 0.29) is 11.7 Å². The van der Waals surface area contributed by atoms with Gasteiger partial charge in [0.1, 0.15) is 5.82 Å². The second kappa shape index (κ2) is 10.3. The zero-order valence-corrected chi connectivity index (χ0v) is 21.0. The van der Waals surface area contributed by atoms with Crippen LogP contribution >= 0.6 is 0 Å². The number of pyridine rings is 1. The molecule has 5 rings (SSSR count). The highest BCUT2D eigenvalue weighted by molar-refractivity contribution is 6.04. The van der Waals surface area contributed by atoms with E-state index in [1.807, 2.05) is 67.6 Å². The number of amides is 2. The lowest BCUT2D eigenvalue weighted by Gasteiger charge is -2.48. The van der Waals surface area contributed by atoms with E-state index in [1.165, 1.54) is 11.1 Å². The Morgan fingerprint density at radius 3 is 2.39 bits per heavy atom. The van der Waals surface area contributed by atoms with Crippen LogP contribution in [0.2, 0.25) is 0 Å². The van der Waals surface area contributed by atoms with Crippen LogP contribution in [0.25, 0.3) is 5.69 Å². The van der Waals surface area contributed by atoms with Crippen LogP contribution in [0.15, 0.2) is 85.2 Å². The summed E-state index contributed by atoms with van der Waals surface area (Å²) in [6, 6.07) is 22.8. The molecule has 0 unspecified atom stereocenters. The lowest BCUT2D eigenvalue weighted by molar-refractivity contribution is 0.0748. The van der Waals surface area contributed by atoms with Gasteiger partial charge in [-0.25, -0.2) is 14.5 Å². The topological polar surface area (TPSA) is 130 Å². The third-order valence-corrected chi connectivity index (χ3v) is 6.76. The number of carbonyl (C=O) groups is 2. The first-order valence-corrected chi connectivity index (χ1v) is 12.3. The number of nitrogens with two attached hydrogens (primary N) is 1. The molecule has 194 valence electrons. The van der Waals surface area contributed by atoms with Crippen molar-refractivity contribution >= 4 is 29.3 Å². The number of rotatable bonds is 6. The first kappa shape index (κ1) is 24.8. The average Bonchev–Trinajstić information content (AvgIpc) is 3.29. The van der Waals surface area contributed by atoms with Gasteiger partial charge >= 0.3 is 6.09 Å². The summed E-state index contributed by atoms with van der Waals surface area (Å²) in [6.45, 7) is 3.29. The Labute approximate surface area is 220 Å². The normalized spacial score (nSPS) is 17.3. The van der Waals surface area contributed by atoms with E-state index in [0.29, 0.717) is 43.1 Å². The van der Waals surface area contributed by atoms with E-state index in [2.05, 4.69) is 20.3 Å². The molecule has 0 radical (unpaired) electrons. The van der Waals surface area contributed by atoms with E-state index in [9.17, 15) is 14.7 Å². The lowest BCUT2D eigenvalue weighted by atomic mass is 9.88. The van der Waals surface area contributed by atoms with Gasteiger partial charge in [-0.15, -0.1) is 5.10 Å². The van der Waals surface area contributed by atoms with Crippen LogP contribution in [-0.2, 0) is 6.42 Å². The summed E-state index contributed by atoms with van der Waals surface area (Å²) >= 11 is 0. The van der Waals surface area contributed by atoms with Crippen LogP contribution in [0.3, 0.4) is 0 Å². The second-order valence-electron chi connectivity index (χ2n) is 9.59. The van der Waals surface area contributed by atoms with Crippen molar-refractivity contribution in [1.29, 1.82) is 0 Å². The number of para-hydroxylation sites is 1. The van der Waals surface area contributed by atoms with Gasteiger partial charge in [-0.2, -0.15) is 0 Å². The monoisotopic (exact) mass is 511 g/mol. The minimum absolute atomic E-state index is 0.268. The Morgan fingerprint density at radius 1 is 1.03 bits per heavy atom. The largest absolute Gasteiger partial charge is 0.465 e. The van der Waals surface area contributed by atoms with E-state index in [1.54, 1.807) is 23.0 Å². The fourth-order valence-electron chi connectivity index (χ4n) is 4.86. The molecule has 10 heteroatoms. The Kier molecular flexibility index (Phi) is 6.69. The maximum Gasteiger partial charge on any atom is 0.407 e. The first-order valence-electron chi connectivity index (χ1n) is 12.3. The standard InChI is InChI=1S/C28H29N7O3/c1-28(16-20-8-4-2-5-9-20)19-33(14-15-34(28)27(37)38)24-13-12-21(17-30-24)26(36)31-25-23(29)18-35(32-25)22-10-6-3-7-11-22/h2-13,17-18H,14-16,19,29H2,1H3,(H,37,38)(H,31,32,36)/t28-/m0/s1. The molecule has 0 bridgehead atoms. The molecule has 10 nitrogen and oxygen atoms in total. The van der Waals surface area contributed by atoms with Crippen molar-refractivity contribution < 1.29 is 14.7 Å². The minimum atomic E-state index is -0.933. The van der Waals surface area contributed by atoms with E-state index >= 15 is 0 Å². The summed E-state index contributed by atoms with van der Waals surface area (Å²) in [6.07, 6.45) is 2.80. The van der Waals surface area contributed by atoms with Crippen molar-refractivity contribution in [2.75, 3.05) is 35.6 Å². The number of piperazine rings is 1. The molecule has 3 heterocycles. The fraction of sp³-hybridized carbons (Fsp3) is 0.214. The zero-order chi connectivity index (χ0) is 26.7. The second-order valence-corrected chi connectivity index (χ2v) is 9.59. The Hall–Kier alpha value is -4.86. The van der Waals surface area contributed by atoms with Crippen LogP contribution in [0.5, 0.6) is 0 Å². The van der Waals surface area contributed by atoms with Crippen molar-refractivity contribution in [3.8, 4) is 5.69 Å². The highest BCUT2D eigenvalue weighted by Gasteiger charge is 2.41. The predicted octanol–water partition coefficient (Wildman–Crippen LogP) is 3.90. The molecule has 0 saturated carbocycles. The van der Waals surface area contributed by atoms with Crippen LogP contribution < -0.4 is 16.0 Å². The van der Waals surface area contributed by atoms with Crippen molar-refractivity contribution in [3.05, 3.63) is 96.3 Å². The Bertz CT molecular complexity index is 1420. The summed E-state index contributed by atoms with van der Waals surface area (Å²) in [7, 11) is 0. The number of nitrogen functional groups attached to an aromatic ring is 1. The molecular weight excluding hydrogens is 482 g/mol. The van der Waals surface area contributed by atoms with E-state index in [4.69, 9.17) is 5.73 Å². The molecule has 38 heavy (non-hydrogen) atoms. The number of hydrogen-bond donors (Lipinski definition) is 3. The van der Waals surface area contributed by atoms with Gasteiger partial charge in [0, 0.05) is 25.8 Å². The van der Waals surface area contributed by atoms with E-state index in [0.717, 1.165) is 11.3 Å². The first-order chi connectivity index (χ1) is 18.3.